The highest BCUT2D eigenvalue weighted by atomic mass is 79.9. The largest absolute Gasteiger partial charge is 0.496 e. The molecule has 0 saturated heterocycles. The van der Waals surface area contributed by atoms with Gasteiger partial charge in [0.2, 0.25) is 0 Å². The van der Waals surface area contributed by atoms with Gasteiger partial charge in [0.25, 0.3) is 0 Å². The number of hydrogen-bond donors (Lipinski definition) is 0. The lowest BCUT2D eigenvalue weighted by molar-refractivity contribution is 0.414. The maximum Gasteiger partial charge on any atom is 0.191 e. The zero-order valence-electron chi connectivity index (χ0n) is 12.5. The first kappa shape index (κ1) is 17.7. The van der Waals surface area contributed by atoms with Crippen molar-refractivity contribution < 1.29 is 4.74 Å². The molecular weight excluding hydrogens is 404 g/mol. The van der Waals surface area contributed by atoms with Crippen molar-refractivity contribution in [3.8, 4) is 5.75 Å². The van der Waals surface area contributed by atoms with Crippen LogP contribution >= 0.6 is 51.1 Å². The van der Waals surface area contributed by atoms with Crippen LogP contribution in [-0.4, -0.2) is 16.7 Å². The Morgan fingerprint density at radius 1 is 1.50 bits per heavy atom. The van der Waals surface area contributed by atoms with Crippen molar-refractivity contribution in [3.05, 3.63) is 43.6 Å². The molecule has 7 heteroatoms. The second-order valence-corrected chi connectivity index (χ2v) is 8.34. The molecule has 2 aromatic rings. The minimum absolute atomic E-state index is 0.464. The predicted molar refractivity (Wildman–Crippen MR) is 100 cm³/mol. The van der Waals surface area contributed by atoms with Crippen LogP contribution in [0.4, 0.5) is 0 Å². The van der Waals surface area contributed by atoms with E-state index in [1.54, 1.807) is 36.6 Å². The smallest absolute Gasteiger partial charge is 0.191 e. The molecule has 0 unspecified atom stereocenters. The Bertz CT molecular complexity index is 752. The molecule has 2 rings (SSSR count). The molecule has 0 aliphatic rings. The van der Waals surface area contributed by atoms with Gasteiger partial charge in [0.05, 0.1) is 16.5 Å². The molecule has 118 valence electrons. The topological polar surface area (TPSA) is 26.5 Å². The lowest BCUT2D eigenvalue weighted by atomic mass is 10.2. The summed E-state index contributed by atoms with van der Waals surface area (Å²) in [5.74, 6) is 1.19. The van der Waals surface area contributed by atoms with Gasteiger partial charge < -0.3 is 9.30 Å². The maximum absolute atomic E-state index is 6.06. The van der Waals surface area contributed by atoms with Gasteiger partial charge in [-0.15, -0.1) is 0 Å². The minimum Gasteiger partial charge on any atom is -0.496 e. The van der Waals surface area contributed by atoms with Gasteiger partial charge >= 0.3 is 0 Å². The molecule has 0 atom stereocenters. The summed E-state index contributed by atoms with van der Waals surface area (Å²) >= 11 is 16.6. The molecule has 1 aromatic heterocycles. The SMILES string of the molecule is COc1ccc(Cl)cc1C(=S)/N=c1\sc(Br)cn1CC(C)C. The summed E-state index contributed by atoms with van der Waals surface area (Å²) in [5.41, 5.74) is 0.727. The van der Waals surface area contributed by atoms with E-state index in [1.807, 2.05) is 6.20 Å². The number of nitrogens with zero attached hydrogens (tertiary/aromatic N) is 2. The van der Waals surface area contributed by atoms with Crippen molar-refractivity contribution in [2.24, 2.45) is 10.9 Å². The van der Waals surface area contributed by atoms with Crippen LogP contribution in [0, 0.1) is 5.92 Å². The highest BCUT2D eigenvalue weighted by Gasteiger charge is 2.10. The van der Waals surface area contributed by atoms with Crippen molar-refractivity contribution in [3.63, 3.8) is 0 Å². The van der Waals surface area contributed by atoms with E-state index < -0.39 is 0 Å². The van der Waals surface area contributed by atoms with Crippen molar-refractivity contribution in [1.82, 2.24) is 4.57 Å². The fourth-order valence-electron chi connectivity index (χ4n) is 1.96. The van der Waals surface area contributed by atoms with Crippen LogP contribution in [0.5, 0.6) is 5.75 Å². The summed E-state index contributed by atoms with van der Waals surface area (Å²) < 4.78 is 8.46. The van der Waals surface area contributed by atoms with Gasteiger partial charge in [0.15, 0.2) is 4.80 Å². The molecule has 3 nitrogen and oxygen atoms in total. The molecule has 0 saturated carbocycles. The van der Waals surface area contributed by atoms with Crippen LogP contribution in [0.15, 0.2) is 33.2 Å². The number of thiocarbonyl (C=S) groups is 1. The van der Waals surface area contributed by atoms with E-state index in [1.165, 1.54) is 0 Å². The summed E-state index contributed by atoms with van der Waals surface area (Å²) in [4.78, 5) is 5.92. The van der Waals surface area contributed by atoms with Crippen molar-refractivity contribution in [1.29, 1.82) is 0 Å². The molecular formula is C15H16BrClN2OS2. The summed E-state index contributed by atoms with van der Waals surface area (Å²) in [6.07, 6.45) is 2.03. The lowest BCUT2D eigenvalue weighted by Crippen LogP contribution is -2.18. The molecule has 0 aliphatic heterocycles. The van der Waals surface area contributed by atoms with Crippen LogP contribution in [0.1, 0.15) is 19.4 Å². The second-order valence-electron chi connectivity index (χ2n) is 5.13. The fraction of sp³-hybridized carbons (Fsp3) is 0.333. The van der Waals surface area contributed by atoms with Gasteiger partial charge in [-0.25, -0.2) is 4.99 Å². The molecule has 22 heavy (non-hydrogen) atoms. The molecule has 0 bridgehead atoms. The van der Waals surface area contributed by atoms with Gasteiger partial charge in [0, 0.05) is 17.8 Å². The number of ether oxygens (including phenoxy) is 1. The maximum atomic E-state index is 6.06. The Labute approximate surface area is 152 Å². The molecule has 0 spiro atoms. The number of aromatic nitrogens is 1. The van der Waals surface area contributed by atoms with E-state index in [9.17, 15) is 0 Å². The normalized spacial score (nSPS) is 12.0. The molecule has 0 N–H and O–H groups in total. The first-order valence-electron chi connectivity index (χ1n) is 6.69. The molecule has 1 aromatic carbocycles. The Balaban J connectivity index is 2.45. The summed E-state index contributed by atoms with van der Waals surface area (Å²) in [6, 6.07) is 5.35. The Kier molecular flexibility index (Phi) is 6.20. The fourth-order valence-corrected chi connectivity index (χ4v) is 3.85. The van der Waals surface area contributed by atoms with E-state index in [2.05, 4.69) is 39.3 Å². The lowest BCUT2D eigenvalue weighted by Gasteiger charge is -2.08. The van der Waals surface area contributed by atoms with Crippen molar-refractivity contribution in [2.45, 2.75) is 20.4 Å². The van der Waals surface area contributed by atoms with Gasteiger partial charge in [0.1, 0.15) is 10.7 Å². The number of methoxy groups -OCH3 is 1. The van der Waals surface area contributed by atoms with Gasteiger partial charge in [-0.05, 0) is 40.0 Å². The van der Waals surface area contributed by atoms with Crippen LogP contribution in [0.3, 0.4) is 0 Å². The van der Waals surface area contributed by atoms with Gasteiger partial charge in [-0.2, -0.15) is 0 Å². The number of halogens is 2. The van der Waals surface area contributed by atoms with E-state index in [4.69, 9.17) is 28.6 Å². The third kappa shape index (κ3) is 4.41. The third-order valence-corrected chi connectivity index (χ3v) is 4.89. The zero-order chi connectivity index (χ0) is 16.3. The monoisotopic (exact) mass is 418 g/mol. The molecule has 1 heterocycles. The van der Waals surface area contributed by atoms with Crippen LogP contribution in [0.25, 0.3) is 0 Å². The standard InChI is InChI=1S/C15H16BrClN2OS2/c1-9(2)7-19-8-13(16)22-15(19)18-14(21)11-6-10(17)4-5-12(11)20-3/h4-6,8-9H,7H2,1-3H3/b18-15-. The first-order valence-corrected chi connectivity index (χ1v) is 9.08. The average Bonchev–Trinajstić information content (AvgIpc) is 2.77. The number of rotatable bonds is 4. The highest BCUT2D eigenvalue weighted by molar-refractivity contribution is 9.11. The van der Waals surface area contributed by atoms with Crippen molar-refractivity contribution >= 4 is 56.1 Å². The summed E-state index contributed by atoms with van der Waals surface area (Å²) in [6.45, 7) is 5.22. The third-order valence-electron chi connectivity index (χ3n) is 2.84. The molecule has 0 radical (unpaired) electrons. The summed E-state index contributed by atoms with van der Waals surface area (Å²) in [7, 11) is 1.61. The minimum atomic E-state index is 0.464. The average molecular weight is 420 g/mol. The van der Waals surface area contributed by atoms with Gasteiger partial charge in [-0.1, -0.05) is 49.0 Å². The van der Waals surface area contributed by atoms with Crippen LogP contribution in [0.2, 0.25) is 5.02 Å². The van der Waals surface area contributed by atoms with E-state index in [0.29, 0.717) is 21.7 Å². The second kappa shape index (κ2) is 7.73. The molecule has 0 aliphatic carbocycles. The Morgan fingerprint density at radius 3 is 2.86 bits per heavy atom. The predicted octanol–water partition coefficient (Wildman–Crippen LogP) is 4.91. The number of thiazole rings is 1. The first-order chi connectivity index (χ1) is 10.4. The zero-order valence-corrected chi connectivity index (χ0v) is 16.4. The van der Waals surface area contributed by atoms with Crippen molar-refractivity contribution in [2.75, 3.05) is 7.11 Å². The summed E-state index contributed by atoms with van der Waals surface area (Å²) in [5, 5.41) is 0.607. The number of benzene rings is 1. The van der Waals surface area contributed by atoms with Gasteiger partial charge in [-0.3, -0.25) is 0 Å². The Morgan fingerprint density at radius 2 is 2.23 bits per heavy atom. The molecule has 0 fully saturated rings. The molecule has 0 amide bonds. The number of hydrogen-bond acceptors (Lipinski definition) is 3. The highest BCUT2D eigenvalue weighted by Crippen LogP contribution is 2.24. The Hall–Kier alpha value is -0.690. The quantitative estimate of drug-likeness (QED) is 0.658. The van der Waals surface area contributed by atoms with Crippen LogP contribution < -0.4 is 9.54 Å². The van der Waals surface area contributed by atoms with E-state index >= 15 is 0 Å². The van der Waals surface area contributed by atoms with E-state index in [0.717, 1.165) is 20.7 Å². The van der Waals surface area contributed by atoms with Crippen LogP contribution in [-0.2, 0) is 6.54 Å². The van der Waals surface area contributed by atoms with E-state index in [-0.39, 0.29) is 0 Å².